The Bertz CT molecular complexity index is 1080. The highest BCUT2D eigenvalue weighted by Crippen LogP contribution is 2.34. The maximum absolute atomic E-state index is 12.5. The number of aromatic hydroxyl groups is 2. The highest BCUT2D eigenvalue weighted by molar-refractivity contribution is 5.90. The lowest BCUT2D eigenvalue weighted by Gasteiger charge is -2.41. The predicted octanol–water partition coefficient (Wildman–Crippen LogP) is 1.31. The van der Waals surface area contributed by atoms with Crippen molar-refractivity contribution in [3.63, 3.8) is 0 Å². The van der Waals surface area contributed by atoms with E-state index in [1.807, 2.05) is 0 Å². The van der Waals surface area contributed by atoms with Crippen LogP contribution in [0.3, 0.4) is 0 Å². The van der Waals surface area contributed by atoms with Gasteiger partial charge in [-0.1, -0.05) is 24.3 Å². The first-order chi connectivity index (χ1) is 16.1. The Labute approximate surface area is 194 Å². The Morgan fingerprint density at radius 1 is 1.00 bits per heavy atom. The van der Waals surface area contributed by atoms with Gasteiger partial charge in [-0.05, 0) is 35.9 Å². The van der Waals surface area contributed by atoms with E-state index in [1.54, 1.807) is 18.2 Å². The molecule has 0 bridgehead atoms. The van der Waals surface area contributed by atoms with Crippen molar-refractivity contribution in [3.8, 4) is 11.5 Å². The van der Waals surface area contributed by atoms with Gasteiger partial charge in [0.15, 0.2) is 23.2 Å². The molecule has 2 aromatic carbocycles. The summed E-state index contributed by atoms with van der Waals surface area (Å²) >= 11 is 0. The topological polar surface area (TPSA) is 160 Å². The summed E-state index contributed by atoms with van der Waals surface area (Å²) in [6, 6.07) is 11.8. The first kappa shape index (κ1) is 24.7. The van der Waals surface area contributed by atoms with Crippen LogP contribution in [-0.4, -0.2) is 69.4 Å². The van der Waals surface area contributed by atoms with Crippen molar-refractivity contribution in [2.75, 3.05) is 7.11 Å². The minimum absolute atomic E-state index is 0.195. The standard InChI is InChI=1S/C24H24O10/c1-32-23(30)24(31)12-18(27)21(34-22(29)15-5-3-2-4-6-15)19(13-24)33-20(28)10-8-14-7-9-16(25)17(26)11-14/h2-11,18-19,21,25-27,31H,12-13H2,1H3/b10-8+/t18-,19-,21-,24+/m1/s1. The summed E-state index contributed by atoms with van der Waals surface area (Å²) < 4.78 is 15.3. The van der Waals surface area contributed by atoms with E-state index in [1.165, 1.54) is 36.4 Å². The molecule has 0 aliphatic heterocycles. The number of rotatable bonds is 6. The number of hydrogen-bond acceptors (Lipinski definition) is 10. The maximum Gasteiger partial charge on any atom is 0.338 e. The van der Waals surface area contributed by atoms with Gasteiger partial charge in [-0.2, -0.15) is 0 Å². The largest absolute Gasteiger partial charge is 0.504 e. The maximum atomic E-state index is 12.5. The van der Waals surface area contributed by atoms with Crippen molar-refractivity contribution in [1.29, 1.82) is 0 Å². The summed E-state index contributed by atoms with van der Waals surface area (Å²) in [4.78, 5) is 37.1. The van der Waals surface area contributed by atoms with E-state index in [9.17, 15) is 34.8 Å². The zero-order valence-electron chi connectivity index (χ0n) is 18.2. The molecule has 4 N–H and O–H groups in total. The summed E-state index contributed by atoms with van der Waals surface area (Å²) in [5, 5.41) is 40.2. The molecule has 0 amide bonds. The summed E-state index contributed by atoms with van der Waals surface area (Å²) in [6.45, 7) is 0. The minimum atomic E-state index is -2.17. The smallest absolute Gasteiger partial charge is 0.338 e. The molecule has 34 heavy (non-hydrogen) atoms. The third-order valence-corrected chi connectivity index (χ3v) is 5.33. The Morgan fingerprint density at radius 2 is 1.71 bits per heavy atom. The van der Waals surface area contributed by atoms with Crippen molar-refractivity contribution < 1.29 is 49.0 Å². The van der Waals surface area contributed by atoms with Crippen LogP contribution in [-0.2, 0) is 23.8 Å². The highest BCUT2D eigenvalue weighted by atomic mass is 16.6. The van der Waals surface area contributed by atoms with Crippen LogP contribution in [0.25, 0.3) is 6.08 Å². The zero-order chi connectivity index (χ0) is 24.9. The van der Waals surface area contributed by atoms with E-state index in [0.717, 1.165) is 13.2 Å². The zero-order valence-corrected chi connectivity index (χ0v) is 18.2. The van der Waals surface area contributed by atoms with E-state index >= 15 is 0 Å². The van der Waals surface area contributed by atoms with E-state index in [0.29, 0.717) is 5.56 Å². The normalized spacial score (nSPS) is 24.4. The number of methoxy groups -OCH3 is 1. The number of phenols is 2. The van der Waals surface area contributed by atoms with E-state index in [2.05, 4.69) is 4.74 Å². The van der Waals surface area contributed by atoms with Gasteiger partial charge in [-0.25, -0.2) is 14.4 Å². The van der Waals surface area contributed by atoms with Gasteiger partial charge in [0.1, 0.15) is 6.10 Å². The lowest BCUT2D eigenvalue weighted by molar-refractivity contribution is -0.198. The van der Waals surface area contributed by atoms with Crippen LogP contribution in [0.2, 0.25) is 0 Å². The number of ether oxygens (including phenoxy) is 3. The molecule has 0 unspecified atom stereocenters. The van der Waals surface area contributed by atoms with Crippen molar-refractivity contribution in [1.82, 2.24) is 0 Å². The molecule has 0 saturated heterocycles. The average molecular weight is 472 g/mol. The average Bonchev–Trinajstić information content (AvgIpc) is 2.82. The lowest BCUT2D eigenvalue weighted by atomic mass is 9.79. The van der Waals surface area contributed by atoms with Crippen molar-refractivity contribution in [3.05, 3.63) is 65.7 Å². The third kappa shape index (κ3) is 5.72. The van der Waals surface area contributed by atoms with Gasteiger partial charge in [0.25, 0.3) is 0 Å². The lowest BCUT2D eigenvalue weighted by Crippen LogP contribution is -2.58. The second kappa shape index (κ2) is 10.4. The molecule has 4 atom stereocenters. The molecule has 0 aromatic heterocycles. The molecule has 1 aliphatic carbocycles. The van der Waals surface area contributed by atoms with Crippen LogP contribution in [0.15, 0.2) is 54.6 Å². The highest BCUT2D eigenvalue weighted by Gasteiger charge is 2.53. The Balaban J connectivity index is 1.80. The number of carbonyl (C=O) groups excluding carboxylic acids is 3. The van der Waals surface area contributed by atoms with Crippen LogP contribution in [0.4, 0.5) is 0 Å². The minimum Gasteiger partial charge on any atom is -0.504 e. The molecule has 1 fully saturated rings. The Kier molecular flexibility index (Phi) is 7.54. The van der Waals surface area contributed by atoms with E-state index in [4.69, 9.17) is 9.47 Å². The Hall–Kier alpha value is -3.89. The summed E-state index contributed by atoms with van der Waals surface area (Å²) in [7, 11) is 1.06. The van der Waals surface area contributed by atoms with Gasteiger partial charge < -0.3 is 34.6 Å². The number of benzene rings is 2. The monoisotopic (exact) mass is 472 g/mol. The second-order valence-electron chi connectivity index (χ2n) is 7.79. The van der Waals surface area contributed by atoms with E-state index in [-0.39, 0.29) is 17.1 Å². The van der Waals surface area contributed by atoms with Crippen LogP contribution < -0.4 is 0 Å². The molecule has 1 saturated carbocycles. The number of carbonyl (C=O) groups is 3. The number of hydrogen-bond donors (Lipinski definition) is 4. The van der Waals surface area contributed by atoms with Crippen LogP contribution in [0.5, 0.6) is 11.5 Å². The van der Waals surface area contributed by atoms with Gasteiger partial charge in [0.2, 0.25) is 0 Å². The van der Waals surface area contributed by atoms with Gasteiger partial charge in [-0.3, -0.25) is 0 Å². The molecule has 0 spiro atoms. The van der Waals surface area contributed by atoms with Crippen molar-refractivity contribution in [2.45, 2.75) is 36.8 Å². The first-order valence-corrected chi connectivity index (χ1v) is 10.3. The van der Waals surface area contributed by atoms with Crippen molar-refractivity contribution in [2.24, 2.45) is 0 Å². The predicted molar refractivity (Wildman–Crippen MR) is 117 cm³/mol. The summed E-state index contributed by atoms with van der Waals surface area (Å²) in [5.41, 5.74) is -1.60. The molecule has 2 aromatic rings. The number of aliphatic hydroxyl groups is 2. The molecule has 0 heterocycles. The van der Waals surface area contributed by atoms with Gasteiger partial charge >= 0.3 is 17.9 Å². The Morgan fingerprint density at radius 3 is 2.35 bits per heavy atom. The van der Waals surface area contributed by atoms with Crippen molar-refractivity contribution >= 4 is 24.0 Å². The number of esters is 3. The fourth-order valence-corrected chi connectivity index (χ4v) is 3.62. The molecule has 180 valence electrons. The fraction of sp³-hybridized carbons (Fsp3) is 0.292. The molecule has 3 rings (SSSR count). The number of phenolic OH excluding ortho intramolecular Hbond substituents is 2. The van der Waals surface area contributed by atoms with Gasteiger partial charge in [0.05, 0.1) is 18.8 Å². The second-order valence-corrected chi connectivity index (χ2v) is 7.79. The SMILES string of the molecule is COC(=O)[C@]1(O)C[C@@H](O)[C@@H](OC(=O)c2ccccc2)[C@H](OC(=O)/C=C/c2ccc(O)c(O)c2)C1. The van der Waals surface area contributed by atoms with Gasteiger partial charge in [-0.15, -0.1) is 0 Å². The molecular formula is C24H24O10. The summed E-state index contributed by atoms with van der Waals surface area (Å²) in [6.07, 6.45) is -2.98. The molecule has 10 heteroatoms. The molecule has 1 aliphatic rings. The molecule has 10 nitrogen and oxygen atoms in total. The summed E-state index contributed by atoms with van der Waals surface area (Å²) in [5.74, 6) is -3.47. The van der Waals surface area contributed by atoms with E-state index < -0.39 is 54.7 Å². The van der Waals surface area contributed by atoms with Crippen LogP contribution in [0.1, 0.15) is 28.8 Å². The van der Waals surface area contributed by atoms with Crippen LogP contribution in [0, 0.1) is 0 Å². The fourth-order valence-electron chi connectivity index (χ4n) is 3.62. The quantitative estimate of drug-likeness (QED) is 0.209. The molecular weight excluding hydrogens is 448 g/mol. The first-order valence-electron chi connectivity index (χ1n) is 10.3. The number of aliphatic hydroxyl groups excluding tert-OH is 1. The van der Waals surface area contributed by atoms with Gasteiger partial charge in [0, 0.05) is 18.9 Å². The third-order valence-electron chi connectivity index (χ3n) is 5.33. The molecule has 0 radical (unpaired) electrons. The van der Waals surface area contributed by atoms with Crippen LogP contribution >= 0.6 is 0 Å².